The number of rotatable bonds is 9. The number of sulfonamides is 1. The van der Waals surface area contributed by atoms with Gasteiger partial charge in [0.05, 0.1) is 29.4 Å². The maximum atomic E-state index is 12.2. The Morgan fingerprint density at radius 1 is 1.23 bits per heavy atom. The lowest BCUT2D eigenvalue weighted by molar-refractivity contribution is -0.384. The predicted octanol–water partition coefficient (Wildman–Crippen LogP) is 3.15. The Balaban J connectivity index is 2.04. The van der Waals surface area contributed by atoms with Gasteiger partial charge in [0, 0.05) is 30.8 Å². The molecule has 0 saturated heterocycles. The van der Waals surface area contributed by atoms with Gasteiger partial charge < -0.3 is 5.32 Å². The fourth-order valence-electron chi connectivity index (χ4n) is 2.85. The van der Waals surface area contributed by atoms with E-state index in [0.29, 0.717) is 11.3 Å². The highest BCUT2D eigenvalue weighted by Gasteiger charge is 2.22. The minimum atomic E-state index is -3.70. The molecule has 158 valence electrons. The van der Waals surface area contributed by atoms with E-state index in [1.165, 1.54) is 18.2 Å². The van der Waals surface area contributed by atoms with Gasteiger partial charge in [-0.25, -0.2) is 8.42 Å². The molecule has 0 aliphatic carbocycles. The summed E-state index contributed by atoms with van der Waals surface area (Å²) in [7, 11) is -3.70. The van der Waals surface area contributed by atoms with E-state index in [4.69, 9.17) is 5.26 Å². The van der Waals surface area contributed by atoms with Crippen LogP contribution in [0.1, 0.15) is 24.0 Å². The summed E-state index contributed by atoms with van der Waals surface area (Å²) < 4.78 is 25.6. The molecule has 2 aromatic carbocycles. The standard InChI is InChI=1S/C20H22N4O5S/c1-15-5-10-18(24(26)27)14-19(15)23(30(2,28)29)13-3-4-20(25)22-17-8-6-16(7-9-17)11-12-21/h5-10,14H,3-4,11,13H2,1-2H3,(H,22,25). The Kier molecular flexibility index (Phi) is 7.49. The van der Waals surface area contributed by atoms with Gasteiger partial charge in [-0.2, -0.15) is 5.26 Å². The van der Waals surface area contributed by atoms with E-state index < -0.39 is 14.9 Å². The van der Waals surface area contributed by atoms with E-state index in [1.807, 2.05) is 6.07 Å². The van der Waals surface area contributed by atoms with Crippen LogP contribution in [0.15, 0.2) is 42.5 Å². The van der Waals surface area contributed by atoms with Crippen LogP contribution in [0.4, 0.5) is 17.1 Å². The molecule has 1 amide bonds. The fraction of sp³-hybridized carbons (Fsp3) is 0.300. The maximum Gasteiger partial charge on any atom is 0.271 e. The van der Waals surface area contributed by atoms with Crippen molar-refractivity contribution in [1.82, 2.24) is 0 Å². The molecule has 30 heavy (non-hydrogen) atoms. The summed E-state index contributed by atoms with van der Waals surface area (Å²) in [5.41, 5.74) is 2.01. The molecule has 0 unspecified atom stereocenters. The number of hydrogen-bond donors (Lipinski definition) is 1. The first-order chi connectivity index (χ1) is 14.1. The number of non-ortho nitro benzene ring substituents is 1. The number of anilines is 2. The molecule has 0 aliphatic rings. The Morgan fingerprint density at radius 3 is 2.47 bits per heavy atom. The number of nitrogens with zero attached hydrogens (tertiary/aromatic N) is 3. The summed E-state index contributed by atoms with van der Waals surface area (Å²) >= 11 is 0. The molecule has 1 N–H and O–H groups in total. The van der Waals surface area contributed by atoms with Gasteiger partial charge in [-0.05, 0) is 36.6 Å². The molecular weight excluding hydrogens is 408 g/mol. The van der Waals surface area contributed by atoms with Crippen molar-refractivity contribution in [3.8, 4) is 6.07 Å². The van der Waals surface area contributed by atoms with Crippen molar-refractivity contribution in [1.29, 1.82) is 5.26 Å². The average molecular weight is 430 g/mol. The summed E-state index contributed by atoms with van der Waals surface area (Å²) in [4.78, 5) is 22.6. The number of nitriles is 1. The molecule has 2 rings (SSSR count). The number of carbonyl (C=O) groups excluding carboxylic acids is 1. The zero-order valence-corrected chi connectivity index (χ0v) is 17.5. The first-order valence-electron chi connectivity index (χ1n) is 9.10. The van der Waals surface area contributed by atoms with Gasteiger partial charge in [-0.1, -0.05) is 18.2 Å². The third-order valence-corrected chi connectivity index (χ3v) is 5.54. The van der Waals surface area contributed by atoms with E-state index >= 15 is 0 Å². The van der Waals surface area contributed by atoms with Gasteiger partial charge >= 0.3 is 0 Å². The lowest BCUT2D eigenvalue weighted by atomic mass is 10.1. The van der Waals surface area contributed by atoms with Crippen LogP contribution in [0, 0.1) is 28.4 Å². The zero-order valence-electron chi connectivity index (χ0n) is 16.7. The van der Waals surface area contributed by atoms with Crippen LogP contribution >= 0.6 is 0 Å². The van der Waals surface area contributed by atoms with Crippen LogP contribution in [0.5, 0.6) is 0 Å². The molecule has 0 atom stereocenters. The van der Waals surface area contributed by atoms with Crippen molar-refractivity contribution in [3.63, 3.8) is 0 Å². The Morgan fingerprint density at radius 2 is 1.90 bits per heavy atom. The molecule has 10 heteroatoms. The molecule has 0 saturated carbocycles. The van der Waals surface area contributed by atoms with Gasteiger partial charge in [0.25, 0.3) is 5.69 Å². The summed E-state index contributed by atoms with van der Waals surface area (Å²) in [6, 6.07) is 13.0. The van der Waals surface area contributed by atoms with Crippen molar-refractivity contribution in [3.05, 3.63) is 63.7 Å². The van der Waals surface area contributed by atoms with Crippen LogP contribution < -0.4 is 9.62 Å². The molecule has 0 fully saturated rings. The largest absolute Gasteiger partial charge is 0.326 e. The van der Waals surface area contributed by atoms with Gasteiger partial charge in [0.1, 0.15) is 0 Å². The molecule has 0 spiro atoms. The van der Waals surface area contributed by atoms with E-state index in [1.54, 1.807) is 31.2 Å². The SMILES string of the molecule is Cc1ccc([N+](=O)[O-])cc1N(CCCC(=O)Nc1ccc(CC#N)cc1)S(C)(=O)=O. The van der Waals surface area contributed by atoms with E-state index in [-0.39, 0.29) is 43.1 Å². The highest BCUT2D eigenvalue weighted by molar-refractivity contribution is 7.92. The molecule has 9 nitrogen and oxygen atoms in total. The van der Waals surface area contributed by atoms with Gasteiger partial charge in [0.15, 0.2) is 0 Å². The first-order valence-corrected chi connectivity index (χ1v) is 10.9. The second-order valence-corrected chi connectivity index (χ2v) is 8.65. The summed E-state index contributed by atoms with van der Waals surface area (Å²) in [5.74, 6) is -0.285. The van der Waals surface area contributed by atoms with Gasteiger partial charge in [-0.3, -0.25) is 19.2 Å². The highest BCUT2D eigenvalue weighted by Crippen LogP contribution is 2.27. The van der Waals surface area contributed by atoms with Crippen LogP contribution in [0.2, 0.25) is 0 Å². The van der Waals surface area contributed by atoms with E-state index in [2.05, 4.69) is 5.32 Å². The molecular formula is C20H22N4O5S. The number of nitro groups is 1. The first kappa shape index (κ1) is 22.8. The fourth-order valence-corrected chi connectivity index (χ4v) is 3.86. The molecule has 0 bridgehead atoms. The lowest BCUT2D eigenvalue weighted by Gasteiger charge is -2.24. The summed E-state index contributed by atoms with van der Waals surface area (Å²) in [5, 5.41) is 22.4. The van der Waals surface area contributed by atoms with Crippen LogP contribution in [0.25, 0.3) is 0 Å². The number of amides is 1. The number of carbonyl (C=O) groups is 1. The minimum Gasteiger partial charge on any atom is -0.326 e. The highest BCUT2D eigenvalue weighted by atomic mass is 32.2. The Labute approximate surface area is 175 Å². The minimum absolute atomic E-state index is 0.00929. The molecule has 0 aliphatic heterocycles. The quantitative estimate of drug-likeness (QED) is 0.480. The second-order valence-electron chi connectivity index (χ2n) is 6.75. The summed E-state index contributed by atoms with van der Waals surface area (Å²) in [6.07, 6.45) is 1.61. The van der Waals surface area contributed by atoms with Crippen LogP contribution in [-0.4, -0.2) is 32.0 Å². The number of nitro benzene ring substituents is 1. The van der Waals surface area contributed by atoms with Crippen molar-refractivity contribution >= 4 is 33.0 Å². The van der Waals surface area contributed by atoms with E-state index in [9.17, 15) is 23.3 Å². The van der Waals surface area contributed by atoms with E-state index in [0.717, 1.165) is 16.1 Å². The molecule has 0 heterocycles. The molecule has 0 aromatic heterocycles. The van der Waals surface area contributed by atoms with Crippen molar-refractivity contribution < 1.29 is 18.1 Å². The Bertz CT molecular complexity index is 1080. The van der Waals surface area contributed by atoms with Crippen molar-refractivity contribution in [2.24, 2.45) is 0 Å². The lowest BCUT2D eigenvalue weighted by Crippen LogP contribution is -2.32. The van der Waals surface area contributed by atoms with Crippen LogP contribution in [0.3, 0.4) is 0 Å². The Hall–Kier alpha value is -3.45. The topological polar surface area (TPSA) is 133 Å². The van der Waals surface area contributed by atoms with Crippen molar-refractivity contribution in [2.75, 3.05) is 22.4 Å². The van der Waals surface area contributed by atoms with Gasteiger partial charge in [0.2, 0.25) is 15.9 Å². The molecule has 0 radical (unpaired) electrons. The number of aryl methyl sites for hydroxylation is 1. The van der Waals surface area contributed by atoms with Gasteiger partial charge in [-0.15, -0.1) is 0 Å². The average Bonchev–Trinajstić information content (AvgIpc) is 2.66. The number of hydrogen-bond acceptors (Lipinski definition) is 6. The zero-order chi connectivity index (χ0) is 22.3. The predicted molar refractivity (Wildman–Crippen MR) is 114 cm³/mol. The maximum absolute atomic E-state index is 12.2. The number of nitrogens with one attached hydrogen (secondary N) is 1. The third-order valence-electron chi connectivity index (χ3n) is 4.36. The number of benzene rings is 2. The monoisotopic (exact) mass is 430 g/mol. The summed E-state index contributed by atoms with van der Waals surface area (Å²) in [6.45, 7) is 1.68. The molecule has 2 aromatic rings. The third kappa shape index (κ3) is 6.28. The second kappa shape index (κ2) is 9.84. The van der Waals surface area contributed by atoms with Crippen LogP contribution in [-0.2, 0) is 21.2 Å². The normalized spacial score (nSPS) is 10.8. The van der Waals surface area contributed by atoms with Crippen molar-refractivity contribution in [2.45, 2.75) is 26.2 Å². The smallest absolute Gasteiger partial charge is 0.271 e.